The molecule has 9 heteroatoms. The van der Waals surface area contributed by atoms with Crippen LogP contribution in [0, 0.1) is 0 Å². The number of carbonyl (C=O) groups is 3. The third-order valence-corrected chi connectivity index (χ3v) is 2.83. The molecule has 0 aromatic carbocycles. The summed E-state index contributed by atoms with van der Waals surface area (Å²) in [5, 5.41) is 18.1. The van der Waals surface area contributed by atoms with Crippen molar-refractivity contribution in [3.63, 3.8) is 0 Å². The standard InChI is InChI=1S/C10H13N5O4/c1-14-3-2-6(9(14)17)11-8(16)5-15-4-7(10(18)19)12-13-15/h4,6H,2-3,5H2,1H3,(H,11,16)(H,18,19). The van der Waals surface area contributed by atoms with Crippen LogP contribution in [0.2, 0.25) is 0 Å². The summed E-state index contributed by atoms with van der Waals surface area (Å²) in [5.74, 6) is -1.74. The lowest BCUT2D eigenvalue weighted by atomic mass is 10.2. The van der Waals surface area contributed by atoms with E-state index in [-0.39, 0.29) is 18.1 Å². The van der Waals surface area contributed by atoms with Gasteiger partial charge < -0.3 is 15.3 Å². The number of rotatable bonds is 4. The van der Waals surface area contributed by atoms with Crippen molar-refractivity contribution >= 4 is 17.8 Å². The van der Waals surface area contributed by atoms with Crippen molar-refractivity contribution in [3.05, 3.63) is 11.9 Å². The Morgan fingerprint density at radius 3 is 2.84 bits per heavy atom. The number of carbonyl (C=O) groups excluding carboxylic acids is 2. The van der Waals surface area contributed by atoms with E-state index >= 15 is 0 Å². The number of nitrogens with one attached hydrogen (secondary N) is 1. The lowest BCUT2D eigenvalue weighted by Gasteiger charge is -2.11. The predicted octanol–water partition coefficient (Wildman–Crippen LogP) is -1.68. The molecule has 1 fully saturated rings. The van der Waals surface area contributed by atoms with Gasteiger partial charge in [0.15, 0.2) is 5.69 Å². The topological polar surface area (TPSA) is 117 Å². The van der Waals surface area contributed by atoms with Gasteiger partial charge in [0.05, 0.1) is 6.20 Å². The Morgan fingerprint density at radius 1 is 1.58 bits per heavy atom. The molecule has 0 radical (unpaired) electrons. The van der Waals surface area contributed by atoms with Gasteiger partial charge in [-0.25, -0.2) is 9.48 Å². The smallest absolute Gasteiger partial charge is 0.358 e. The first-order valence-electron chi connectivity index (χ1n) is 5.65. The summed E-state index contributed by atoms with van der Waals surface area (Å²) in [5.41, 5.74) is -0.232. The lowest BCUT2D eigenvalue weighted by Crippen LogP contribution is -2.42. The van der Waals surface area contributed by atoms with E-state index in [9.17, 15) is 14.4 Å². The Balaban J connectivity index is 1.90. The highest BCUT2D eigenvalue weighted by Gasteiger charge is 2.30. The molecule has 1 aromatic rings. The van der Waals surface area contributed by atoms with Crippen molar-refractivity contribution in [1.29, 1.82) is 0 Å². The number of amides is 2. The van der Waals surface area contributed by atoms with E-state index in [4.69, 9.17) is 5.11 Å². The van der Waals surface area contributed by atoms with Crippen LogP contribution in [0.4, 0.5) is 0 Å². The van der Waals surface area contributed by atoms with E-state index in [0.29, 0.717) is 13.0 Å². The quantitative estimate of drug-likeness (QED) is 0.673. The summed E-state index contributed by atoms with van der Waals surface area (Å²) in [6.07, 6.45) is 1.73. The van der Waals surface area contributed by atoms with Gasteiger partial charge in [0, 0.05) is 13.6 Å². The van der Waals surface area contributed by atoms with Crippen molar-refractivity contribution in [2.45, 2.75) is 19.0 Å². The number of aromatic nitrogens is 3. The van der Waals surface area contributed by atoms with Gasteiger partial charge >= 0.3 is 5.97 Å². The molecule has 1 aliphatic rings. The second-order valence-electron chi connectivity index (χ2n) is 4.28. The molecule has 2 heterocycles. The van der Waals surface area contributed by atoms with Crippen molar-refractivity contribution in [2.75, 3.05) is 13.6 Å². The third-order valence-electron chi connectivity index (χ3n) is 2.83. The summed E-state index contributed by atoms with van der Waals surface area (Å²) in [4.78, 5) is 35.4. The third kappa shape index (κ3) is 2.87. The van der Waals surface area contributed by atoms with Crippen LogP contribution in [0.25, 0.3) is 0 Å². The van der Waals surface area contributed by atoms with Crippen LogP contribution in [0.15, 0.2) is 6.20 Å². The number of likely N-dealkylation sites (N-methyl/N-ethyl adjacent to an activating group) is 1. The maximum atomic E-state index is 11.7. The fourth-order valence-corrected chi connectivity index (χ4v) is 1.82. The van der Waals surface area contributed by atoms with Gasteiger partial charge in [-0.15, -0.1) is 5.10 Å². The number of carboxylic acids is 1. The van der Waals surface area contributed by atoms with E-state index < -0.39 is 17.9 Å². The van der Waals surface area contributed by atoms with Gasteiger partial charge in [-0.1, -0.05) is 5.21 Å². The van der Waals surface area contributed by atoms with Crippen LogP contribution in [-0.2, 0) is 16.1 Å². The number of aromatic carboxylic acids is 1. The molecule has 2 amide bonds. The van der Waals surface area contributed by atoms with Gasteiger partial charge in [-0.3, -0.25) is 9.59 Å². The van der Waals surface area contributed by atoms with Crippen molar-refractivity contribution < 1.29 is 19.5 Å². The zero-order valence-electron chi connectivity index (χ0n) is 10.2. The van der Waals surface area contributed by atoms with E-state index in [1.54, 1.807) is 11.9 Å². The molecule has 0 saturated carbocycles. The lowest BCUT2D eigenvalue weighted by molar-refractivity contribution is -0.132. The van der Waals surface area contributed by atoms with Gasteiger partial charge in [0.25, 0.3) is 0 Å². The molecule has 2 rings (SSSR count). The number of hydrogen-bond acceptors (Lipinski definition) is 5. The average molecular weight is 267 g/mol. The Hall–Kier alpha value is -2.45. The molecule has 1 atom stereocenters. The minimum Gasteiger partial charge on any atom is -0.476 e. The fraction of sp³-hybridized carbons (Fsp3) is 0.500. The van der Waals surface area contributed by atoms with E-state index in [1.165, 1.54) is 0 Å². The maximum Gasteiger partial charge on any atom is 0.358 e. The summed E-state index contributed by atoms with van der Waals surface area (Å²) in [6, 6.07) is -0.514. The molecule has 1 aromatic heterocycles. The van der Waals surface area contributed by atoms with E-state index in [0.717, 1.165) is 10.9 Å². The second kappa shape index (κ2) is 5.04. The first-order chi connectivity index (χ1) is 8.97. The first-order valence-corrected chi connectivity index (χ1v) is 5.65. The zero-order valence-corrected chi connectivity index (χ0v) is 10.2. The molecule has 0 bridgehead atoms. The van der Waals surface area contributed by atoms with E-state index in [2.05, 4.69) is 15.6 Å². The van der Waals surface area contributed by atoms with E-state index in [1.807, 2.05) is 0 Å². The molecule has 0 spiro atoms. The normalized spacial score (nSPS) is 18.7. The minimum atomic E-state index is -1.21. The Bertz CT molecular complexity index is 526. The molecule has 9 nitrogen and oxygen atoms in total. The summed E-state index contributed by atoms with van der Waals surface area (Å²) in [7, 11) is 1.67. The molecule has 1 unspecified atom stereocenters. The molecular formula is C10H13N5O4. The fourth-order valence-electron chi connectivity index (χ4n) is 1.82. The predicted molar refractivity (Wildman–Crippen MR) is 61.2 cm³/mol. The molecule has 2 N–H and O–H groups in total. The van der Waals surface area contributed by atoms with Crippen LogP contribution in [0.5, 0.6) is 0 Å². The molecular weight excluding hydrogens is 254 g/mol. The maximum absolute atomic E-state index is 11.7. The van der Waals surface area contributed by atoms with Gasteiger partial charge in [0.2, 0.25) is 11.8 Å². The largest absolute Gasteiger partial charge is 0.476 e. The Labute approximate surface area is 108 Å². The van der Waals surface area contributed by atoms with Crippen LogP contribution in [0.1, 0.15) is 16.9 Å². The highest BCUT2D eigenvalue weighted by molar-refractivity contribution is 5.89. The van der Waals surface area contributed by atoms with Crippen molar-refractivity contribution in [3.8, 4) is 0 Å². The summed E-state index contributed by atoms with van der Waals surface area (Å²) in [6.45, 7) is 0.435. The van der Waals surface area contributed by atoms with Crippen LogP contribution >= 0.6 is 0 Å². The Kier molecular flexibility index (Phi) is 3.45. The molecule has 0 aliphatic carbocycles. The molecule has 1 saturated heterocycles. The monoisotopic (exact) mass is 267 g/mol. The number of carboxylic acid groups (broad SMARTS) is 1. The van der Waals surface area contributed by atoms with Gasteiger partial charge in [-0.2, -0.15) is 0 Å². The van der Waals surface area contributed by atoms with Crippen molar-refractivity contribution in [1.82, 2.24) is 25.2 Å². The number of nitrogens with zero attached hydrogens (tertiary/aromatic N) is 4. The van der Waals surface area contributed by atoms with Gasteiger partial charge in [-0.05, 0) is 6.42 Å². The number of likely N-dealkylation sites (tertiary alicyclic amines) is 1. The zero-order chi connectivity index (χ0) is 14.0. The first kappa shape index (κ1) is 13.0. The van der Waals surface area contributed by atoms with Crippen LogP contribution < -0.4 is 5.32 Å². The van der Waals surface area contributed by atoms with Gasteiger partial charge in [0.1, 0.15) is 12.6 Å². The SMILES string of the molecule is CN1CCC(NC(=O)Cn2cc(C(=O)O)nn2)C1=O. The Morgan fingerprint density at radius 2 is 2.32 bits per heavy atom. The highest BCUT2D eigenvalue weighted by atomic mass is 16.4. The molecule has 102 valence electrons. The van der Waals surface area contributed by atoms with Crippen molar-refractivity contribution in [2.24, 2.45) is 0 Å². The summed E-state index contributed by atoms with van der Waals surface area (Å²) >= 11 is 0. The average Bonchev–Trinajstić information content (AvgIpc) is 2.91. The van der Waals surface area contributed by atoms with Crippen LogP contribution in [0.3, 0.4) is 0 Å². The number of hydrogen-bond donors (Lipinski definition) is 2. The molecule has 1 aliphatic heterocycles. The minimum absolute atomic E-state index is 0.127. The van der Waals surface area contributed by atoms with Crippen LogP contribution in [-0.4, -0.2) is 62.4 Å². The molecule has 19 heavy (non-hydrogen) atoms. The summed E-state index contributed by atoms with van der Waals surface area (Å²) < 4.78 is 1.11. The highest BCUT2D eigenvalue weighted by Crippen LogP contribution is 2.08. The second-order valence-corrected chi connectivity index (χ2v) is 4.28.